The largest absolute Gasteiger partial charge is 0.503 e. The summed E-state index contributed by atoms with van der Waals surface area (Å²) in [4.78, 5) is 17.1. The van der Waals surface area contributed by atoms with Crippen LogP contribution in [0.25, 0.3) is 0 Å². The Bertz CT molecular complexity index is 199. The van der Waals surface area contributed by atoms with Crippen molar-refractivity contribution in [2.24, 2.45) is 0 Å². The minimum atomic E-state index is -1.83. The van der Waals surface area contributed by atoms with E-state index in [9.17, 15) is 0 Å². The first-order valence-corrected chi connectivity index (χ1v) is 8.22. The fraction of sp³-hybridized carbons (Fsp3) is 0.875. The van der Waals surface area contributed by atoms with E-state index < -0.39 is 12.3 Å². The summed E-state index contributed by atoms with van der Waals surface area (Å²) in [6.45, 7) is 4.57. The Balaban J connectivity index is -0.000000372. The first-order valence-electron chi connectivity index (χ1n) is 8.22. The first-order chi connectivity index (χ1) is 10.4. The zero-order valence-corrected chi connectivity index (χ0v) is 14.1. The molecule has 0 spiro atoms. The average Bonchev–Trinajstić information content (AvgIpc) is 2.40. The van der Waals surface area contributed by atoms with E-state index in [1.54, 1.807) is 0 Å². The van der Waals surface area contributed by atoms with Crippen LogP contribution in [0.15, 0.2) is 0 Å². The van der Waals surface area contributed by atoms with Crippen molar-refractivity contribution in [1.29, 1.82) is 0 Å². The first kappa shape index (κ1) is 25.5. The molecule has 0 aliphatic carbocycles. The molecule has 0 atom stereocenters. The van der Waals surface area contributed by atoms with Crippen molar-refractivity contribution in [3.63, 3.8) is 0 Å². The molecule has 6 heteroatoms. The minimum absolute atomic E-state index is 1.37. The molecule has 0 aromatic rings. The second kappa shape index (κ2) is 24.6. The predicted molar refractivity (Wildman–Crippen MR) is 88.1 cm³/mol. The van der Waals surface area contributed by atoms with Crippen molar-refractivity contribution in [2.45, 2.75) is 90.9 Å². The number of unbranched alkanes of at least 4 members (excludes halogenated alkanes) is 11. The normalized spacial score (nSPS) is 9.00. The molecule has 0 aliphatic heterocycles. The van der Waals surface area contributed by atoms with Gasteiger partial charge in [0.05, 0.1) is 0 Å². The van der Waals surface area contributed by atoms with E-state index in [0.29, 0.717) is 0 Å². The summed E-state index contributed by atoms with van der Waals surface area (Å²) >= 11 is 0. The van der Waals surface area contributed by atoms with Gasteiger partial charge in [0.2, 0.25) is 0 Å². The molecule has 0 rings (SSSR count). The predicted octanol–water partition coefficient (Wildman–Crippen LogP) is 6.15. The minimum Gasteiger partial charge on any atom is -0.450 e. The van der Waals surface area contributed by atoms with E-state index in [1.165, 1.54) is 77.0 Å². The van der Waals surface area contributed by atoms with E-state index in [2.05, 4.69) is 13.8 Å². The van der Waals surface area contributed by atoms with Crippen molar-refractivity contribution in [1.82, 2.24) is 0 Å². The monoisotopic (exact) mass is 322 g/mol. The summed E-state index contributed by atoms with van der Waals surface area (Å²) in [5.41, 5.74) is 0. The Labute approximate surface area is 134 Å². The number of rotatable bonds is 11. The third-order valence-electron chi connectivity index (χ3n) is 2.96. The van der Waals surface area contributed by atoms with Crippen LogP contribution in [0.3, 0.4) is 0 Å². The van der Waals surface area contributed by atoms with Gasteiger partial charge in [0.25, 0.3) is 0 Å². The van der Waals surface area contributed by atoms with Gasteiger partial charge in [-0.1, -0.05) is 90.9 Å². The van der Waals surface area contributed by atoms with Gasteiger partial charge in [0.1, 0.15) is 0 Å². The summed E-state index contributed by atoms with van der Waals surface area (Å²) < 4.78 is 0. The summed E-state index contributed by atoms with van der Waals surface area (Å²) in [5, 5.41) is 27.9. The van der Waals surface area contributed by atoms with E-state index in [4.69, 9.17) is 30.0 Å². The zero-order valence-electron chi connectivity index (χ0n) is 14.1. The van der Waals surface area contributed by atoms with Crippen LogP contribution in [-0.4, -0.2) is 32.7 Å². The molecule has 0 aromatic carbocycles. The van der Waals surface area contributed by atoms with Gasteiger partial charge < -0.3 is 20.4 Å². The van der Waals surface area contributed by atoms with E-state index in [0.717, 1.165) is 0 Å². The number of hydrogen-bond acceptors (Lipinski definition) is 2. The average molecular weight is 322 g/mol. The highest BCUT2D eigenvalue weighted by atomic mass is 16.6. The van der Waals surface area contributed by atoms with Gasteiger partial charge in [-0.05, 0) is 0 Å². The molecule has 0 bridgehead atoms. The lowest BCUT2D eigenvalue weighted by Crippen LogP contribution is -1.81. The molecule has 0 saturated carbocycles. The zero-order chi connectivity index (χ0) is 17.6. The number of carbonyl (C=O) groups is 2. The summed E-state index contributed by atoms with van der Waals surface area (Å²) in [6, 6.07) is 0. The van der Waals surface area contributed by atoms with E-state index in [-0.39, 0.29) is 0 Å². The second-order valence-corrected chi connectivity index (χ2v) is 5.10. The lowest BCUT2D eigenvalue weighted by Gasteiger charge is -2.01. The van der Waals surface area contributed by atoms with Crippen molar-refractivity contribution in [2.75, 3.05) is 0 Å². The van der Waals surface area contributed by atoms with Crippen molar-refractivity contribution in [3.8, 4) is 0 Å². The molecule has 0 aliphatic rings. The van der Waals surface area contributed by atoms with Gasteiger partial charge in [-0.15, -0.1) is 0 Å². The molecular formula is C16H34O6. The Hall–Kier alpha value is -1.46. The second-order valence-electron chi connectivity index (χ2n) is 5.10. The third kappa shape index (κ3) is 62.7. The molecule has 0 unspecified atom stereocenters. The van der Waals surface area contributed by atoms with E-state index >= 15 is 0 Å². The number of carboxylic acid groups (broad SMARTS) is 4. The molecule has 4 N–H and O–H groups in total. The molecule has 6 nitrogen and oxygen atoms in total. The van der Waals surface area contributed by atoms with Crippen molar-refractivity contribution in [3.05, 3.63) is 0 Å². The smallest absolute Gasteiger partial charge is 0.450 e. The molecular weight excluding hydrogens is 288 g/mol. The Kier molecular flexibility index (Phi) is 28.4. The van der Waals surface area contributed by atoms with Gasteiger partial charge in [-0.2, -0.15) is 0 Å². The molecule has 0 aromatic heterocycles. The van der Waals surface area contributed by atoms with Crippen LogP contribution in [0.1, 0.15) is 90.9 Å². The molecule has 134 valence electrons. The molecule has 0 saturated heterocycles. The summed E-state index contributed by atoms with van der Waals surface area (Å²) in [7, 11) is 0. The number of hydrogen-bond donors (Lipinski definition) is 4. The van der Waals surface area contributed by atoms with Crippen LogP contribution >= 0.6 is 0 Å². The van der Waals surface area contributed by atoms with Crippen LogP contribution in [0.2, 0.25) is 0 Å². The van der Waals surface area contributed by atoms with Gasteiger partial charge >= 0.3 is 12.3 Å². The lowest BCUT2D eigenvalue weighted by atomic mass is 10.1. The third-order valence-corrected chi connectivity index (χ3v) is 2.96. The molecule has 0 fully saturated rings. The summed E-state index contributed by atoms with van der Waals surface area (Å²) in [6.07, 6.45) is 13.8. The fourth-order valence-electron chi connectivity index (χ4n) is 1.91. The molecule has 0 radical (unpaired) electrons. The lowest BCUT2D eigenvalue weighted by molar-refractivity contribution is 0.135. The Morgan fingerprint density at radius 3 is 0.773 bits per heavy atom. The molecule has 0 amide bonds. The summed E-state index contributed by atoms with van der Waals surface area (Å²) in [5.74, 6) is 0. The topological polar surface area (TPSA) is 115 Å². The van der Waals surface area contributed by atoms with E-state index in [1.807, 2.05) is 0 Å². The fourth-order valence-corrected chi connectivity index (χ4v) is 1.91. The SMILES string of the molecule is CCCCCCCCCCCCCC.O=C(O)O.O=C(O)O. The maximum absolute atomic E-state index is 8.56. The van der Waals surface area contributed by atoms with Crippen LogP contribution in [0.5, 0.6) is 0 Å². The Morgan fingerprint density at radius 2 is 0.636 bits per heavy atom. The van der Waals surface area contributed by atoms with Gasteiger partial charge in [0, 0.05) is 0 Å². The molecule has 22 heavy (non-hydrogen) atoms. The van der Waals surface area contributed by atoms with Crippen LogP contribution in [0.4, 0.5) is 9.59 Å². The van der Waals surface area contributed by atoms with Gasteiger partial charge in [-0.3, -0.25) is 0 Å². The maximum Gasteiger partial charge on any atom is 0.503 e. The Morgan fingerprint density at radius 1 is 0.500 bits per heavy atom. The quantitative estimate of drug-likeness (QED) is 0.339. The van der Waals surface area contributed by atoms with Gasteiger partial charge in [0.15, 0.2) is 0 Å². The van der Waals surface area contributed by atoms with Gasteiger partial charge in [-0.25, -0.2) is 9.59 Å². The van der Waals surface area contributed by atoms with Crippen molar-refractivity contribution < 1.29 is 30.0 Å². The van der Waals surface area contributed by atoms with Crippen LogP contribution < -0.4 is 0 Å². The molecule has 0 heterocycles. The maximum atomic E-state index is 8.56. The van der Waals surface area contributed by atoms with Crippen LogP contribution in [-0.2, 0) is 0 Å². The highest BCUT2D eigenvalue weighted by Crippen LogP contribution is 2.11. The van der Waals surface area contributed by atoms with Crippen molar-refractivity contribution >= 4 is 12.3 Å². The standard InChI is InChI=1S/C14H30.2CH2O3/c1-3-5-7-9-11-13-14-12-10-8-6-4-2;2*2-1(3)4/h3-14H2,1-2H3;2*(H2,2,3,4). The highest BCUT2D eigenvalue weighted by molar-refractivity contribution is 5.53. The van der Waals surface area contributed by atoms with Crippen LogP contribution in [0, 0.1) is 0 Å². The highest BCUT2D eigenvalue weighted by Gasteiger charge is 1.91.